The lowest BCUT2D eigenvalue weighted by Crippen LogP contribution is -2.17. The number of halogens is 4. The number of rotatable bonds is 4. The molecule has 0 bridgehead atoms. The molecule has 2 aromatic carbocycles. The molecule has 0 spiro atoms. The zero-order valence-corrected chi connectivity index (χ0v) is 18.2. The summed E-state index contributed by atoms with van der Waals surface area (Å²) in [6.07, 6.45) is 2.05. The zero-order chi connectivity index (χ0) is 24.7. The highest BCUT2D eigenvalue weighted by Crippen LogP contribution is 2.33. The number of aromatic nitrogens is 4. The third-order valence-corrected chi connectivity index (χ3v) is 5.55. The molecule has 3 heterocycles. The first-order valence-electron chi connectivity index (χ1n) is 10.5. The van der Waals surface area contributed by atoms with Crippen LogP contribution in [0.15, 0.2) is 79.4 Å². The molecule has 0 aliphatic rings. The summed E-state index contributed by atoms with van der Waals surface area (Å²) in [5.41, 5.74) is 2.02. The molecule has 0 saturated heterocycles. The third-order valence-electron chi connectivity index (χ3n) is 5.55. The molecule has 0 radical (unpaired) electrons. The fraction of sp³-hybridized carbons (Fsp3) is 0.0800. The van der Waals surface area contributed by atoms with Crippen molar-refractivity contribution < 1.29 is 22.4 Å². The number of aryl methyl sites for hydroxylation is 1. The lowest BCUT2D eigenvalue weighted by molar-refractivity contribution is -0.140. The van der Waals surface area contributed by atoms with Crippen molar-refractivity contribution in [3.05, 3.63) is 102 Å². The van der Waals surface area contributed by atoms with Gasteiger partial charge in [-0.15, -0.1) is 0 Å². The molecular formula is C25H17F4N5O. The van der Waals surface area contributed by atoms with Crippen LogP contribution in [0.3, 0.4) is 0 Å². The summed E-state index contributed by atoms with van der Waals surface area (Å²) in [6, 6.07) is 13.2. The minimum absolute atomic E-state index is 0.297. The third kappa shape index (κ3) is 4.14. The van der Waals surface area contributed by atoms with E-state index in [9.17, 15) is 22.4 Å². The number of carbonyl (C=O) groups is 1. The van der Waals surface area contributed by atoms with Crippen molar-refractivity contribution in [3.63, 3.8) is 0 Å². The standard InChI is InChI=1S/C25H17F4N5O/c1-15-7-8-17(31-24(35)18-5-2-6-19(23(18)26)25(27,28)29)12-21(15)33-10-11-34-22(33)13-20(32-34)16-4-3-9-30-14-16/h2-14H,1H3,(H,31,35). The van der Waals surface area contributed by atoms with Crippen LogP contribution in [0.4, 0.5) is 23.2 Å². The molecule has 0 unspecified atom stereocenters. The van der Waals surface area contributed by atoms with Gasteiger partial charge in [0.25, 0.3) is 5.91 Å². The van der Waals surface area contributed by atoms with E-state index in [-0.39, 0.29) is 0 Å². The van der Waals surface area contributed by atoms with Gasteiger partial charge >= 0.3 is 6.18 Å². The first-order chi connectivity index (χ1) is 16.7. The second-order valence-corrected chi connectivity index (χ2v) is 7.86. The summed E-state index contributed by atoms with van der Waals surface area (Å²) < 4.78 is 57.0. The van der Waals surface area contributed by atoms with Gasteiger partial charge < -0.3 is 5.32 Å². The van der Waals surface area contributed by atoms with Crippen LogP contribution in [-0.2, 0) is 6.18 Å². The van der Waals surface area contributed by atoms with Crippen LogP contribution in [0.1, 0.15) is 21.5 Å². The summed E-state index contributed by atoms with van der Waals surface area (Å²) in [6.45, 7) is 1.88. The van der Waals surface area contributed by atoms with E-state index in [0.29, 0.717) is 17.4 Å². The summed E-state index contributed by atoms with van der Waals surface area (Å²) in [5, 5.41) is 7.06. The molecule has 35 heavy (non-hydrogen) atoms. The quantitative estimate of drug-likeness (QED) is 0.326. The number of alkyl halides is 3. The van der Waals surface area contributed by atoms with Crippen molar-refractivity contribution in [2.24, 2.45) is 0 Å². The Bertz CT molecular complexity index is 1550. The molecule has 6 nitrogen and oxygen atoms in total. The maximum atomic E-state index is 14.4. The number of hydrogen-bond acceptors (Lipinski definition) is 3. The van der Waals surface area contributed by atoms with Crippen LogP contribution in [-0.4, -0.2) is 25.1 Å². The number of benzene rings is 2. The number of carbonyl (C=O) groups excluding carboxylic acids is 1. The fourth-order valence-corrected chi connectivity index (χ4v) is 3.81. The van der Waals surface area contributed by atoms with E-state index in [2.05, 4.69) is 15.4 Å². The Balaban J connectivity index is 1.48. The Morgan fingerprint density at radius 3 is 2.60 bits per heavy atom. The normalized spacial score (nSPS) is 11.7. The topological polar surface area (TPSA) is 64.2 Å². The Hall–Kier alpha value is -4.47. The number of hydrogen-bond donors (Lipinski definition) is 1. The van der Waals surface area contributed by atoms with E-state index in [1.54, 1.807) is 47.5 Å². The molecular weight excluding hydrogens is 462 g/mol. The second kappa shape index (κ2) is 8.39. The van der Waals surface area contributed by atoms with E-state index in [4.69, 9.17) is 0 Å². The Labute approximate surface area is 196 Å². The summed E-state index contributed by atoms with van der Waals surface area (Å²) >= 11 is 0. The smallest absolute Gasteiger partial charge is 0.322 e. The average Bonchev–Trinajstić information content (AvgIpc) is 3.41. The summed E-state index contributed by atoms with van der Waals surface area (Å²) in [5.74, 6) is -2.59. The van der Waals surface area contributed by atoms with Gasteiger partial charge in [0.1, 0.15) is 11.5 Å². The average molecular weight is 479 g/mol. The number of nitrogens with one attached hydrogen (secondary N) is 1. The number of nitrogens with zero attached hydrogens (tertiary/aromatic N) is 4. The summed E-state index contributed by atoms with van der Waals surface area (Å²) in [7, 11) is 0. The van der Waals surface area contributed by atoms with Gasteiger partial charge in [0.15, 0.2) is 0 Å². The minimum Gasteiger partial charge on any atom is -0.322 e. The van der Waals surface area contributed by atoms with Crippen molar-refractivity contribution in [2.75, 3.05) is 5.32 Å². The molecule has 10 heteroatoms. The van der Waals surface area contributed by atoms with Gasteiger partial charge in [-0.25, -0.2) is 8.91 Å². The van der Waals surface area contributed by atoms with Crippen LogP contribution in [0, 0.1) is 12.7 Å². The number of imidazole rings is 1. The molecule has 176 valence electrons. The fourth-order valence-electron chi connectivity index (χ4n) is 3.81. The molecule has 1 N–H and O–H groups in total. The molecule has 0 atom stereocenters. The maximum Gasteiger partial charge on any atom is 0.419 e. The van der Waals surface area contributed by atoms with Crippen molar-refractivity contribution >= 4 is 17.2 Å². The van der Waals surface area contributed by atoms with Crippen molar-refractivity contribution in [1.82, 2.24) is 19.2 Å². The van der Waals surface area contributed by atoms with Gasteiger partial charge in [-0.2, -0.15) is 18.3 Å². The monoisotopic (exact) mass is 479 g/mol. The SMILES string of the molecule is Cc1ccc(NC(=O)c2cccc(C(F)(F)F)c2F)cc1-n1ccn2nc(-c3cccnc3)cc12. The molecule has 0 fully saturated rings. The number of amides is 1. The highest BCUT2D eigenvalue weighted by Gasteiger charge is 2.35. The van der Waals surface area contributed by atoms with E-state index in [1.165, 1.54) is 0 Å². The van der Waals surface area contributed by atoms with Gasteiger partial charge in [0.05, 0.1) is 22.5 Å². The van der Waals surface area contributed by atoms with Gasteiger partial charge in [-0.1, -0.05) is 12.1 Å². The van der Waals surface area contributed by atoms with Crippen LogP contribution in [0.2, 0.25) is 0 Å². The minimum atomic E-state index is -4.91. The zero-order valence-electron chi connectivity index (χ0n) is 18.2. The molecule has 5 aromatic rings. The highest BCUT2D eigenvalue weighted by atomic mass is 19.4. The van der Waals surface area contributed by atoms with E-state index in [1.807, 2.05) is 29.7 Å². The molecule has 1 amide bonds. The second-order valence-electron chi connectivity index (χ2n) is 7.86. The van der Waals surface area contributed by atoms with Gasteiger partial charge in [-0.3, -0.25) is 14.3 Å². The number of pyridine rings is 1. The first-order valence-corrected chi connectivity index (χ1v) is 10.5. The Kier molecular flexibility index (Phi) is 5.35. The van der Waals surface area contributed by atoms with Crippen molar-refractivity contribution in [2.45, 2.75) is 13.1 Å². The molecule has 0 aliphatic heterocycles. The van der Waals surface area contributed by atoms with Crippen LogP contribution >= 0.6 is 0 Å². The Morgan fingerprint density at radius 2 is 1.86 bits per heavy atom. The largest absolute Gasteiger partial charge is 0.419 e. The van der Waals surface area contributed by atoms with Crippen LogP contribution in [0.25, 0.3) is 22.6 Å². The maximum absolute atomic E-state index is 14.4. The van der Waals surface area contributed by atoms with E-state index < -0.39 is 29.0 Å². The van der Waals surface area contributed by atoms with E-state index in [0.717, 1.165) is 34.6 Å². The molecule has 0 saturated carbocycles. The van der Waals surface area contributed by atoms with Crippen LogP contribution in [0.5, 0.6) is 0 Å². The molecule has 5 rings (SSSR count). The molecule has 3 aromatic heterocycles. The highest BCUT2D eigenvalue weighted by molar-refractivity contribution is 6.04. The van der Waals surface area contributed by atoms with Crippen molar-refractivity contribution in [1.29, 1.82) is 0 Å². The van der Waals surface area contributed by atoms with Crippen molar-refractivity contribution in [3.8, 4) is 16.9 Å². The van der Waals surface area contributed by atoms with E-state index >= 15 is 0 Å². The van der Waals surface area contributed by atoms with Gasteiger partial charge in [0.2, 0.25) is 0 Å². The lowest BCUT2D eigenvalue weighted by atomic mass is 10.1. The molecule has 0 aliphatic carbocycles. The van der Waals surface area contributed by atoms with Crippen LogP contribution < -0.4 is 5.32 Å². The summed E-state index contributed by atoms with van der Waals surface area (Å²) in [4.78, 5) is 16.7. The van der Waals surface area contributed by atoms with Gasteiger partial charge in [0, 0.05) is 42.1 Å². The first kappa shape index (κ1) is 22.3. The lowest BCUT2D eigenvalue weighted by Gasteiger charge is -2.13. The predicted octanol–water partition coefficient (Wildman–Crippen LogP) is 5.91. The number of anilines is 1. The predicted molar refractivity (Wildman–Crippen MR) is 122 cm³/mol. The van der Waals surface area contributed by atoms with Gasteiger partial charge in [-0.05, 0) is 48.9 Å². The number of fused-ring (bicyclic) bond motifs is 1. The Morgan fingerprint density at radius 1 is 1.03 bits per heavy atom.